The second-order valence-corrected chi connectivity index (χ2v) is 5.25. The standard InChI is InChI=1S/C13H24F3NO2/c1-5-10(6-2)17(7-9(3)4)8-11(12(18)19)13(14,15)16/h9-11H,5-8H2,1-4H3,(H,18,19). The molecule has 0 saturated heterocycles. The molecule has 0 aromatic rings. The van der Waals surface area contributed by atoms with Crippen LogP contribution in [0, 0.1) is 11.8 Å². The number of rotatable bonds is 8. The van der Waals surface area contributed by atoms with Crippen molar-refractivity contribution in [2.24, 2.45) is 11.8 Å². The summed E-state index contributed by atoms with van der Waals surface area (Å²) in [4.78, 5) is 12.5. The minimum atomic E-state index is -4.70. The molecule has 3 nitrogen and oxygen atoms in total. The number of hydrogen-bond donors (Lipinski definition) is 1. The molecule has 0 radical (unpaired) electrons. The van der Waals surface area contributed by atoms with Crippen molar-refractivity contribution < 1.29 is 23.1 Å². The summed E-state index contributed by atoms with van der Waals surface area (Å²) in [6, 6.07) is -0.00778. The van der Waals surface area contributed by atoms with Crippen LogP contribution in [-0.2, 0) is 4.79 Å². The van der Waals surface area contributed by atoms with Crippen molar-refractivity contribution in [1.29, 1.82) is 0 Å². The minimum Gasteiger partial charge on any atom is -0.481 e. The molecule has 1 unspecified atom stereocenters. The smallest absolute Gasteiger partial charge is 0.403 e. The predicted molar refractivity (Wildman–Crippen MR) is 68.0 cm³/mol. The number of nitrogens with zero attached hydrogens (tertiary/aromatic N) is 1. The Bertz CT molecular complexity index is 276. The zero-order valence-corrected chi connectivity index (χ0v) is 12.0. The van der Waals surface area contributed by atoms with Crippen molar-refractivity contribution in [3.63, 3.8) is 0 Å². The first-order valence-corrected chi connectivity index (χ1v) is 6.66. The molecule has 0 rings (SSSR count). The second kappa shape index (κ2) is 7.72. The van der Waals surface area contributed by atoms with Gasteiger partial charge in [0.15, 0.2) is 5.92 Å². The SMILES string of the molecule is CCC(CC)N(CC(C)C)CC(C(=O)O)C(F)(F)F. The Morgan fingerprint density at radius 1 is 1.16 bits per heavy atom. The van der Waals surface area contributed by atoms with E-state index in [-0.39, 0.29) is 12.0 Å². The van der Waals surface area contributed by atoms with Crippen LogP contribution >= 0.6 is 0 Å². The Kier molecular flexibility index (Phi) is 7.41. The minimum absolute atomic E-state index is 0.00778. The largest absolute Gasteiger partial charge is 0.481 e. The summed E-state index contributed by atoms with van der Waals surface area (Å²) >= 11 is 0. The number of alkyl halides is 3. The predicted octanol–water partition coefficient (Wildman–Crippen LogP) is 3.40. The van der Waals surface area contributed by atoms with Crippen molar-refractivity contribution in [3.8, 4) is 0 Å². The summed E-state index contributed by atoms with van der Waals surface area (Å²) < 4.78 is 38.2. The quantitative estimate of drug-likeness (QED) is 0.742. The molecule has 0 aromatic heterocycles. The molecule has 0 aliphatic carbocycles. The van der Waals surface area contributed by atoms with Crippen LogP contribution in [0.3, 0.4) is 0 Å². The third-order valence-electron chi connectivity index (χ3n) is 3.17. The highest BCUT2D eigenvalue weighted by Gasteiger charge is 2.46. The average Bonchev–Trinajstić information content (AvgIpc) is 2.24. The Morgan fingerprint density at radius 2 is 1.63 bits per heavy atom. The second-order valence-electron chi connectivity index (χ2n) is 5.25. The van der Waals surface area contributed by atoms with E-state index in [4.69, 9.17) is 5.11 Å². The molecule has 6 heteroatoms. The highest BCUT2D eigenvalue weighted by atomic mass is 19.4. The Labute approximate surface area is 112 Å². The van der Waals surface area contributed by atoms with Crippen LogP contribution in [0.15, 0.2) is 0 Å². The van der Waals surface area contributed by atoms with Gasteiger partial charge in [-0.15, -0.1) is 0 Å². The van der Waals surface area contributed by atoms with Gasteiger partial charge < -0.3 is 5.11 Å². The molecule has 0 aromatic carbocycles. The van der Waals surface area contributed by atoms with E-state index in [1.54, 1.807) is 4.90 Å². The number of aliphatic carboxylic acids is 1. The Morgan fingerprint density at radius 3 is 1.89 bits per heavy atom. The van der Waals surface area contributed by atoms with E-state index in [1.165, 1.54) is 0 Å². The van der Waals surface area contributed by atoms with Crippen LogP contribution in [0.2, 0.25) is 0 Å². The molecular formula is C13H24F3NO2. The number of carbonyl (C=O) groups is 1. The number of halogens is 3. The summed E-state index contributed by atoms with van der Waals surface area (Å²) in [7, 11) is 0. The van der Waals surface area contributed by atoms with Crippen LogP contribution in [0.5, 0.6) is 0 Å². The lowest BCUT2D eigenvalue weighted by molar-refractivity contribution is -0.197. The van der Waals surface area contributed by atoms with E-state index in [9.17, 15) is 18.0 Å². The third kappa shape index (κ3) is 6.27. The molecule has 0 heterocycles. The lowest BCUT2D eigenvalue weighted by Gasteiger charge is -2.34. The fourth-order valence-electron chi connectivity index (χ4n) is 2.20. The fourth-order valence-corrected chi connectivity index (χ4v) is 2.20. The molecule has 0 aliphatic rings. The first-order chi connectivity index (χ1) is 8.63. The molecule has 0 bridgehead atoms. The van der Waals surface area contributed by atoms with E-state index in [2.05, 4.69) is 0 Å². The van der Waals surface area contributed by atoms with E-state index >= 15 is 0 Å². The molecule has 0 amide bonds. The lowest BCUT2D eigenvalue weighted by Crippen LogP contribution is -2.46. The maximum absolute atomic E-state index is 12.7. The van der Waals surface area contributed by atoms with Crippen LogP contribution in [0.4, 0.5) is 13.2 Å². The monoisotopic (exact) mass is 283 g/mol. The Hall–Kier alpha value is -0.780. The Balaban J connectivity index is 5.00. The number of hydrogen-bond acceptors (Lipinski definition) is 2. The van der Waals surface area contributed by atoms with Crippen LogP contribution in [0.1, 0.15) is 40.5 Å². The van der Waals surface area contributed by atoms with Crippen molar-refractivity contribution >= 4 is 5.97 Å². The topological polar surface area (TPSA) is 40.5 Å². The average molecular weight is 283 g/mol. The zero-order valence-electron chi connectivity index (χ0n) is 12.0. The molecular weight excluding hydrogens is 259 g/mol. The third-order valence-corrected chi connectivity index (χ3v) is 3.17. The molecule has 114 valence electrons. The molecule has 0 saturated carbocycles. The van der Waals surface area contributed by atoms with Gasteiger partial charge in [0.25, 0.3) is 0 Å². The van der Waals surface area contributed by atoms with Gasteiger partial charge in [0.05, 0.1) is 0 Å². The maximum Gasteiger partial charge on any atom is 0.403 e. The van der Waals surface area contributed by atoms with Gasteiger partial charge >= 0.3 is 12.1 Å². The van der Waals surface area contributed by atoms with Gasteiger partial charge in [-0.05, 0) is 18.8 Å². The zero-order chi connectivity index (χ0) is 15.2. The van der Waals surface area contributed by atoms with Crippen molar-refractivity contribution in [2.75, 3.05) is 13.1 Å². The first-order valence-electron chi connectivity index (χ1n) is 6.66. The molecule has 0 spiro atoms. The van der Waals surface area contributed by atoms with Gasteiger partial charge in [-0.3, -0.25) is 9.69 Å². The van der Waals surface area contributed by atoms with E-state index < -0.39 is 24.6 Å². The summed E-state index contributed by atoms with van der Waals surface area (Å²) in [6.45, 7) is 7.66. The van der Waals surface area contributed by atoms with Gasteiger partial charge in [-0.1, -0.05) is 27.7 Å². The summed E-state index contributed by atoms with van der Waals surface area (Å²) in [5.74, 6) is -3.91. The van der Waals surface area contributed by atoms with Gasteiger partial charge in [0.1, 0.15) is 0 Å². The van der Waals surface area contributed by atoms with Gasteiger partial charge in [-0.2, -0.15) is 13.2 Å². The molecule has 19 heavy (non-hydrogen) atoms. The number of carboxylic acids is 1. The van der Waals surface area contributed by atoms with Crippen molar-refractivity contribution in [3.05, 3.63) is 0 Å². The van der Waals surface area contributed by atoms with E-state index in [1.807, 2.05) is 27.7 Å². The van der Waals surface area contributed by atoms with Crippen LogP contribution in [0.25, 0.3) is 0 Å². The molecule has 1 N–H and O–H groups in total. The van der Waals surface area contributed by atoms with Gasteiger partial charge in [-0.25, -0.2) is 0 Å². The molecule has 0 aliphatic heterocycles. The first kappa shape index (κ1) is 18.2. The van der Waals surface area contributed by atoms with Crippen molar-refractivity contribution in [2.45, 2.75) is 52.8 Å². The van der Waals surface area contributed by atoms with Gasteiger partial charge in [0.2, 0.25) is 0 Å². The van der Waals surface area contributed by atoms with E-state index in [0.717, 1.165) is 0 Å². The van der Waals surface area contributed by atoms with Gasteiger partial charge in [0, 0.05) is 19.1 Å². The molecule has 1 atom stereocenters. The highest BCUT2D eigenvalue weighted by Crippen LogP contribution is 2.28. The summed E-state index contributed by atoms with van der Waals surface area (Å²) in [5, 5.41) is 8.77. The fraction of sp³-hybridized carbons (Fsp3) is 0.923. The van der Waals surface area contributed by atoms with Crippen LogP contribution in [-0.4, -0.2) is 41.3 Å². The molecule has 0 fully saturated rings. The normalized spacial score (nSPS) is 14.4. The van der Waals surface area contributed by atoms with Crippen molar-refractivity contribution in [1.82, 2.24) is 4.90 Å². The lowest BCUT2D eigenvalue weighted by atomic mass is 10.0. The highest BCUT2D eigenvalue weighted by molar-refractivity contribution is 5.71. The van der Waals surface area contributed by atoms with Crippen LogP contribution < -0.4 is 0 Å². The summed E-state index contributed by atoms with van der Waals surface area (Å²) in [6.07, 6.45) is -3.27. The summed E-state index contributed by atoms with van der Waals surface area (Å²) in [5.41, 5.74) is 0. The number of carboxylic acid groups (broad SMARTS) is 1. The van der Waals surface area contributed by atoms with E-state index in [0.29, 0.717) is 19.4 Å². The maximum atomic E-state index is 12.7.